The standard InChI is InChI=1S/C92H110Si4/c1-59(2)93(60(3)4,61(5)6)49-45-85-81-37-29-31-39-83(81)87(47-51-95(65(13)14,66(15)16)67(17)18)91-57-75-53-73(43-41-71(75)55-89(85)91)77-33-25-27-35-79(77)80-36-28-26-34-78(80)74-44-42-72-56-90-86(46-50-94(62(7)8,63(9)10)64(11)12)82-38-30-32-40-84(82)88(92(90)58-76(72)54-74)48-52-96(68(19)20,69(21)22)70(23)24/h25-44,53-70H,1-24H3. The van der Waals surface area contributed by atoms with Crippen LogP contribution in [0, 0.1) is 45.9 Å². The van der Waals surface area contributed by atoms with Gasteiger partial charge in [-0.2, -0.15) is 0 Å². The van der Waals surface area contributed by atoms with Crippen LogP contribution in [0.5, 0.6) is 0 Å². The molecule has 0 radical (unpaired) electrons. The van der Waals surface area contributed by atoms with Crippen LogP contribution in [0.4, 0.5) is 0 Å². The van der Waals surface area contributed by atoms with Crippen molar-refractivity contribution in [1.29, 1.82) is 0 Å². The highest BCUT2D eigenvalue weighted by Gasteiger charge is 2.45. The highest BCUT2D eigenvalue weighted by Crippen LogP contribution is 2.48. The van der Waals surface area contributed by atoms with Crippen LogP contribution in [0.15, 0.2) is 158 Å². The first-order chi connectivity index (χ1) is 45.5. The van der Waals surface area contributed by atoms with Gasteiger partial charge in [-0.3, -0.25) is 0 Å². The summed E-state index contributed by atoms with van der Waals surface area (Å²) >= 11 is 0. The minimum atomic E-state index is -2.12. The van der Waals surface area contributed by atoms with E-state index in [2.05, 4.69) is 370 Å². The molecule has 0 bridgehead atoms. The second-order valence-corrected chi connectivity index (χ2v) is 54.5. The van der Waals surface area contributed by atoms with Gasteiger partial charge in [0.25, 0.3) is 0 Å². The summed E-state index contributed by atoms with van der Waals surface area (Å²) in [4.78, 5) is 0. The zero-order valence-corrected chi connectivity index (χ0v) is 66.9. The molecule has 0 fully saturated rings. The van der Waals surface area contributed by atoms with Gasteiger partial charge in [0, 0.05) is 22.3 Å². The van der Waals surface area contributed by atoms with Gasteiger partial charge in [0.2, 0.25) is 0 Å². The Labute approximate surface area is 584 Å². The average Bonchev–Trinajstić information content (AvgIpc) is 0.790. The summed E-state index contributed by atoms with van der Waals surface area (Å²) in [5.41, 5.74) is 34.7. The smallest absolute Gasteiger partial charge is 0.125 e. The van der Waals surface area contributed by atoms with Crippen molar-refractivity contribution in [2.24, 2.45) is 0 Å². The Balaban J connectivity index is 1.19. The highest BCUT2D eigenvalue weighted by atomic mass is 28.3. The van der Waals surface area contributed by atoms with Gasteiger partial charge in [-0.25, -0.2) is 0 Å². The first-order valence-corrected chi connectivity index (χ1v) is 45.6. The minimum Gasteiger partial charge on any atom is -0.125 e. The summed E-state index contributed by atoms with van der Waals surface area (Å²) < 4.78 is 0. The van der Waals surface area contributed by atoms with Crippen molar-refractivity contribution in [3.8, 4) is 79.2 Å². The maximum atomic E-state index is 4.20. The molecule has 494 valence electrons. The van der Waals surface area contributed by atoms with E-state index in [0.717, 1.165) is 22.3 Å². The molecule has 0 unspecified atom stereocenters. The molecule has 0 saturated carbocycles. The van der Waals surface area contributed by atoms with Gasteiger partial charge >= 0.3 is 0 Å². The summed E-state index contributed by atoms with van der Waals surface area (Å²) in [6, 6.07) is 60.3. The maximum absolute atomic E-state index is 4.20. The second kappa shape index (κ2) is 28.4. The molecule has 0 N–H and O–H groups in total. The van der Waals surface area contributed by atoms with Gasteiger partial charge in [-0.05, 0) is 201 Å². The fourth-order valence-corrected chi connectivity index (χ4v) is 39.9. The van der Waals surface area contributed by atoms with Gasteiger partial charge in [-0.1, -0.05) is 311 Å². The topological polar surface area (TPSA) is 0 Å². The van der Waals surface area contributed by atoms with Crippen molar-refractivity contribution in [3.63, 3.8) is 0 Å². The largest absolute Gasteiger partial charge is 0.146 e. The van der Waals surface area contributed by atoms with Gasteiger partial charge in [0.05, 0.1) is 0 Å². The average molecular weight is 1330 g/mol. The third-order valence-corrected chi connectivity index (χ3v) is 49.0. The van der Waals surface area contributed by atoms with Crippen molar-refractivity contribution in [2.45, 2.75) is 233 Å². The number of fused-ring (bicyclic) bond motifs is 6. The zero-order chi connectivity index (χ0) is 69.7. The molecule has 0 nitrogen and oxygen atoms in total. The van der Waals surface area contributed by atoms with E-state index < -0.39 is 32.3 Å². The van der Waals surface area contributed by atoms with Crippen LogP contribution >= 0.6 is 0 Å². The Morgan fingerprint density at radius 3 is 0.615 bits per heavy atom. The van der Waals surface area contributed by atoms with Gasteiger partial charge < -0.3 is 0 Å². The molecule has 0 aliphatic rings. The van der Waals surface area contributed by atoms with Crippen LogP contribution in [-0.2, 0) is 0 Å². The molecular weight excluding hydrogens is 1220 g/mol. The van der Waals surface area contributed by atoms with E-state index in [1.165, 1.54) is 98.0 Å². The predicted octanol–water partition coefficient (Wildman–Crippen LogP) is 27.9. The Morgan fingerprint density at radius 2 is 0.396 bits per heavy atom. The first-order valence-electron chi connectivity index (χ1n) is 36.7. The van der Waals surface area contributed by atoms with Crippen LogP contribution in [0.2, 0.25) is 66.5 Å². The fourth-order valence-electron chi connectivity index (χ4n) is 19.1. The van der Waals surface area contributed by atoms with Crippen molar-refractivity contribution in [1.82, 2.24) is 0 Å². The van der Waals surface area contributed by atoms with Gasteiger partial charge in [-0.15, -0.1) is 22.2 Å². The van der Waals surface area contributed by atoms with Gasteiger partial charge in [0.1, 0.15) is 32.3 Å². The third kappa shape index (κ3) is 12.4. The lowest BCUT2D eigenvalue weighted by Crippen LogP contribution is -2.43. The van der Waals surface area contributed by atoms with Crippen LogP contribution in [0.25, 0.3) is 98.0 Å². The lowest BCUT2D eigenvalue weighted by Gasteiger charge is -2.38. The molecule has 0 saturated heterocycles. The van der Waals surface area contributed by atoms with E-state index in [4.69, 9.17) is 0 Å². The molecule has 0 spiro atoms. The normalized spacial score (nSPS) is 12.8. The predicted molar refractivity (Wildman–Crippen MR) is 439 cm³/mol. The van der Waals surface area contributed by atoms with Crippen molar-refractivity contribution in [3.05, 3.63) is 180 Å². The van der Waals surface area contributed by atoms with Crippen LogP contribution in [0.1, 0.15) is 188 Å². The Kier molecular flexibility index (Phi) is 21.2. The molecule has 0 aromatic heterocycles. The number of hydrogen-bond donors (Lipinski definition) is 0. The molecule has 10 rings (SSSR count). The highest BCUT2D eigenvalue weighted by molar-refractivity contribution is 6.92. The van der Waals surface area contributed by atoms with E-state index >= 15 is 0 Å². The van der Waals surface area contributed by atoms with Crippen LogP contribution < -0.4 is 0 Å². The van der Waals surface area contributed by atoms with Crippen LogP contribution in [0.3, 0.4) is 0 Å². The number of hydrogen-bond acceptors (Lipinski definition) is 0. The summed E-state index contributed by atoms with van der Waals surface area (Å²) in [6.45, 7) is 58.2. The third-order valence-electron chi connectivity index (χ3n) is 23.8. The quantitative estimate of drug-likeness (QED) is 0.0545. The van der Waals surface area contributed by atoms with Gasteiger partial charge in [0.15, 0.2) is 0 Å². The van der Waals surface area contributed by atoms with Crippen molar-refractivity contribution in [2.75, 3.05) is 0 Å². The minimum absolute atomic E-state index is 0.514. The van der Waals surface area contributed by atoms with E-state index in [0.29, 0.717) is 66.5 Å². The molecule has 0 aliphatic heterocycles. The Morgan fingerprint density at radius 1 is 0.198 bits per heavy atom. The summed E-state index contributed by atoms with van der Waals surface area (Å²) in [5.74, 6) is 16.2. The molecule has 0 amide bonds. The van der Waals surface area contributed by atoms with E-state index in [-0.39, 0.29) is 0 Å². The Bertz CT molecular complexity index is 4460. The molecule has 0 aliphatic carbocycles. The zero-order valence-electron chi connectivity index (χ0n) is 62.9. The fraction of sp³-hybridized carbons (Fsp3) is 0.391. The SMILES string of the molecule is CC(C)[Si](C#Cc1c2ccccc2c(C#C[Si](C(C)C)(C(C)C)C(C)C)c2cc3cc(-c4ccccc4-c4ccccc4-c4ccc5cc6c(C#C[Si](C(C)C)(C(C)C)C(C)C)c7ccccc7c(C#C[Si](C(C)C)(C(C)C)C(C)C)c6cc5c4)ccc3cc12)(C(C)C)C(C)C. The Hall–Kier alpha value is -7.13. The van der Waals surface area contributed by atoms with E-state index in [1.807, 2.05) is 0 Å². The molecule has 4 heteroatoms. The lowest BCUT2D eigenvalue weighted by molar-refractivity contribution is 0.838. The number of rotatable bonds is 15. The molecular formula is C92H110Si4. The van der Waals surface area contributed by atoms with Crippen molar-refractivity contribution < 1.29 is 0 Å². The first kappa shape index (κ1) is 71.6. The van der Waals surface area contributed by atoms with Crippen molar-refractivity contribution >= 4 is 96.9 Å². The monoisotopic (exact) mass is 1330 g/mol. The lowest BCUT2D eigenvalue weighted by atomic mass is 9.87. The summed E-state index contributed by atoms with van der Waals surface area (Å²) in [6.07, 6.45) is 0. The maximum Gasteiger partial charge on any atom is 0.146 e. The summed E-state index contributed by atoms with van der Waals surface area (Å²) in [5, 5.41) is 14.4. The van der Waals surface area contributed by atoms with E-state index in [1.54, 1.807) is 0 Å². The van der Waals surface area contributed by atoms with Crippen LogP contribution in [-0.4, -0.2) is 32.3 Å². The second-order valence-electron chi connectivity index (χ2n) is 32.2. The number of benzene rings is 10. The molecule has 96 heavy (non-hydrogen) atoms. The summed E-state index contributed by atoms with van der Waals surface area (Å²) in [7, 11) is -8.42. The molecule has 0 heterocycles. The van der Waals surface area contributed by atoms with E-state index in [9.17, 15) is 0 Å². The molecule has 10 aromatic rings. The molecule has 10 aromatic carbocycles. The molecule has 0 atom stereocenters.